The molecule has 3 aromatic rings. The van der Waals surface area contributed by atoms with Gasteiger partial charge in [-0.1, -0.05) is 0 Å². The monoisotopic (exact) mass is 484 g/mol. The van der Waals surface area contributed by atoms with Crippen LogP contribution < -0.4 is 10.6 Å². The highest BCUT2D eigenvalue weighted by molar-refractivity contribution is 7.18. The van der Waals surface area contributed by atoms with E-state index < -0.39 is 6.10 Å². The molecule has 0 bridgehead atoms. The molecular formula is C22H28N8O3S. The Labute approximate surface area is 201 Å². The van der Waals surface area contributed by atoms with Gasteiger partial charge in [0.05, 0.1) is 24.2 Å². The van der Waals surface area contributed by atoms with Crippen LogP contribution in [0.1, 0.15) is 11.8 Å². The molecular weight excluding hydrogens is 456 g/mol. The summed E-state index contributed by atoms with van der Waals surface area (Å²) in [5, 5.41) is 10.6. The normalized spacial score (nSPS) is 18.4. The van der Waals surface area contributed by atoms with E-state index in [1.54, 1.807) is 28.6 Å². The number of piperazine rings is 1. The predicted molar refractivity (Wildman–Crippen MR) is 129 cm³/mol. The van der Waals surface area contributed by atoms with Crippen molar-refractivity contribution in [3.63, 3.8) is 0 Å². The average Bonchev–Trinajstić information content (AvgIpc) is 3.26. The van der Waals surface area contributed by atoms with Crippen LogP contribution in [0.5, 0.6) is 0 Å². The number of aliphatic hydroxyl groups is 1. The van der Waals surface area contributed by atoms with E-state index >= 15 is 0 Å². The van der Waals surface area contributed by atoms with Gasteiger partial charge in [-0.05, 0) is 13.0 Å². The van der Waals surface area contributed by atoms with Crippen molar-refractivity contribution in [3.05, 3.63) is 23.3 Å². The van der Waals surface area contributed by atoms with Gasteiger partial charge in [0.25, 0.3) is 5.91 Å². The van der Waals surface area contributed by atoms with E-state index in [9.17, 15) is 9.90 Å². The van der Waals surface area contributed by atoms with Gasteiger partial charge in [-0.3, -0.25) is 9.69 Å². The van der Waals surface area contributed by atoms with Crippen molar-refractivity contribution in [3.8, 4) is 11.4 Å². The Bertz CT molecular complexity index is 1150. The number of nitrogens with two attached hydrogens (primary N) is 1. The molecule has 0 aliphatic carbocycles. The average molecular weight is 485 g/mol. The third-order valence-electron chi connectivity index (χ3n) is 6.09. The number of nitrogen functional groups attached to an aromatic ring is 1. The van der Waals surface area contributed by atoms with Gasteiger partial charge >= 0.3 is 0 Å². The molecule has 0 saturated carbocycles. The van der Waals surface area contributed by atoms with Gasteiger partial charge in [-0.2, -0.15) is 0 Å². The van der Waals surface area contributed by atoms with Crippen LogP contribution in [0, 0.1) is 0 Å². The zero-order chi connectivity index (χ0) is 23.7. The molecule has 2 aliphatic rings. The van der Waals surface area contributed by atoms with E-state index in [1.807, 2.05) is 0 Å². The lowest BCUT2D eigenvalue weighted by Crippen LogP contribution is -2.50. The van der Waals surface area contributed by atoms with Gasteiger partial charge in [0.1, 0.15) is 16.8 Å². The summed E-state index contributed by atoms with van der Waals surface area (Å²) in [7, 11) is 0. The van der Waals surface area contributed by atoms with Crippen LogP contribution in [-0.4, -0.2) is 99.3 Å². The summed E-state index contributed by atoms with van der Waals surface area (Å²) in [4.78, 5) is 38.4. The maximum Gasteiger partial charge on any atom is 0.251 e. The predicted octanol–water partition coefficient (Wildman–Crippen LogP) is 0.592. The number of hydrogen-bond acceptors (Lipinski definition) is 11. The minimum atomic E-state index is -0.952. The lowest BCUT2D eigenvalue weighted by molar-refractivity contribution is -0.141. The van der Waals surface area contributed by atoms with Crippen LogP contribution in [0.2, 0.25) is 0 Å². The number of hydrogen-bond donors (Lipinski definition) is 2. The van der Waals surface area contributed by atoms with Gasteiger partial charge in [-0.25, -0.2) is 19.9 Å². The zero-order valence-electron chi connectivity index (χ0n) is 19.1. The minimum absolute atomic E-state index is 0.203. The first kappa shape index (κ1) is 22.8. The molecule has 0 unspecified atom stereocenters. The van der Waals surface area contributed by atoms with E-state index in [2.05, 4.69) is 25.8 Å². The molecule has 11 nitrogen and oxygen atoms in total. The summed E-state index contributed by atoms with van der Waals surface area (Å²) in [5.74, 6) is 1.49. The fourth-order valence-electron chi connectivity index (χ4n) is 4.24. The van der Waals surface area contributed by atoms with Crippen LogP contribution in [0.15, 0.2) is 18.5 Å². The van der Waals surface area contributed by atoms with E-state index in [1.165, 1.54) is 11.8 Å². The second kappa shape index (κ2) is 9.74. The van der Waals surface area contributed by atoms with E-state index in [0.29, 0.717) is 32.1 Å². The van der Waals surface area contributed by atoms with Gasteiger partial charge in [0.2, 0.25) is 5.95 Å². The maximum absolute atomic E-state index is 12.1. The highest BCUT2D eigenvalue weighted by Gasteiger charge is 2.25. The SMILES string of the molecule is C[C@H](O)C(=O)N1CCN(Cc2cc3c(N4CCOCC4)nc(-c4cnc(N)nc4)nc3s2)CC1. The summed E-state index contributed by atoms with van der Waals surface area (Å²) in [6.07, 6.45) is 2.34. The van der Waals surface area contributed by atoms with Crippen molar-refractivity contribution in [1.82, 2.24) is 29.7 Å². The number of carbonyl (C=O) groups excluding carboxylic acids is 1. The molecule has 2 saturated heterocycles. The van der Waals surface area contributed by atoms with E-state index in [0.717, 1.165) is 54.3 Å². The molecule has 5 heterocycles. The fourth-order valence-corrected chi connectivity index (χ4v) is 5.31. The van der Waals surface area contributed by atoms with Crippen LogP contribution in [0.4, 0.5) is 11.8 Å². The molecule has 180 valence electrons. The van der Waals surface area contributed by atoms with Crippen LogP contribution in [0.3, 0.4) is 0 Å². The second-order valence-electron chi connectivity index (χ2n) is 8.51. The third kappa shape index (κ3) is 4.80. The molecule has 5 rings (SSSR count). The topological polar surface area (TPSA) is 134 Å². The first-order valence-corrected chi connectivity index (χ1v) is 12.2. The molecule has 0 spiro atoms. The lowest BCUT2D eigenvalue weighted by Gasteiger charge is -2.35. The number of aliphatic hydroxyl groups excluding tert-OH is 1. The number of anilines is 2. The quantitative estimate of drug-likeness (QED) is 0.530. The smallest absolute Gasteiger partial charge is 0.251 e. The molecule has 1 amide bonds. The number of amides is 1. The number of morpholine rings is 1. The van der Waals surface area contributed by atoms with Crippen molar-refractivity contribution < 1.29 is 14.6 Å². The van der Waals surface area contributed by atoms with Crippen molar-refractivity contribution in [2.75, 3.05) is 63.1 Å². The highest BCUT2D eigenvalue weighted by Crippen LogP contribution is 2.34. The van der Waals surface area contributed by atoms with Gasteiger partial charge in [0.15, 0.2) is 5.82 Å². The number of nitrogens with zero attached hydrogens (tertiary/aromatic N) is 7. The standard InChI is InChI=1S/C22H28N8O3S/c1-14(31)21(32)30-4-2-28(3-5-30)13-16-10-17-19(29-6-8-33-9-7-29)26-18(27-20(17)34-16)15-11-24-22(23)25-12-15/h10-12,14,31H,2-9,13H2,1H3,(H2,23,24,25)/t14-/m0/s1. The summed E-state index contributed by atoms with van der Waals surface area (Å²) in [6, 6.07) is 2.18. The lowest BCUT2D eigenvalue weighted by atomic mass is 10.2. The molecule has 34 heavy (non-hydrogen) atoms. The first-order valence-electron chi connectivity index (χ1n) is 11.4. The summed E-state index contributed by atoms with van der Waals surface area (Å²) < 4.78 is 5.54. The number of ether oxygens (including phenoxy) is 1. The zero-order valence-corrected chi connectivity index (χ0v) is 19.9. The molecule has 2 fully saturated rings. The molecule has 0 radical (unpaired) electrons. The van der Waals surface area contributed by atoms with E-state index in [-0.39, 0.29) is 11.9 Å². The Morgan fingerprint density at radius 3 is 2.53 bits per heavy atom. The third-order valence-corrected chi connectivity index (χ3v) is 7.10. The minimum Gasteiger partial charge on any atom is -0.384 e. The van der Waals surface area contributed by atoms with Gasteiger partial charge in [0, 0.05) is 63.1 Å². The molecule has 3 N–H and O–H groups in total. The van der Waals surface area contributed by atoms with E-state index in [4.69, 9.17) is 20.4 Å². The highest BCUT2D eigenvalue weighted by atomic mass is 32.1. The Morgan fingerprint density at radius 1 is 1.15 bits per heavy atom. The van der Waals surface area contributed by atoms with Crippen LogP contribution in [0.25, 0.3) is 21.6 Å². The summed E-state index contributed by atoms with van der Waals surface area (Å²) >= 11 is 1.66. The maximum atomic E-state index is 12.1. The number of aromatic nitrogens is 4. The molecule has 0 aromatic carbocycles. The van der Waals surface area contributed by atoms with Crippen molar-refractivity contribution in [1.29, 1.82) is 0 Å². The van der Waals surface area contributed by atoms with Crippen LogP contribution >= 0.6 is 11.3 Å². The second-order valence-corrected chi connectivity index (χ2v) is 9.62. The Hall–Kier alpha value is -2.93. The van der Waals surface area contributed by atoms with Crippen LogP contribution in [-0.2, 0) is 16.1 Å². The first-order chi connectivity index (χ1) is 16.5. The number of fused-ring (bicyclic) bond motifs is 1. The molecule has 1 atom stereocenters. The Morgan fingerprint density at radius 2 is 1.85 bits per heavy atom. The molecule has 3 aromatic heterocycles. The largest absolute Gasteiger partial charge is 0.384 e. The number of thiophene rings is 1. The Kier molecular flexibility index (Phi) is 6.55. The Balaban J connectivity index is 1.41. The summed E-state index contributed by atoms with van der Waals surface area (Å²) in [6.45, 7) is 7.94. The number of rotatable bonds is 5. The summed E-state index contributed by atoms with van der Waals surface area (Å²) in [5.41, 5.74) is 6.37. The van der Waals surface area contributed by atoms with Crippen molar-refractivity contribution in [2.45, 2.75) is 19.6 Å². The van der Waals surface area contributed by atoms with Crippen molar-refractivity contribution >= 4 is 39.2 Å². The fraction of sp³-hybridized carbons (Fsp3) is 0.500. The molecule has 2 aliphatic heterocycles. The number of carbonyl (C=O) groups is 1. The van der Waals surface area contributed by atoms with Gasteiger partial charge < -0.3 is 25.4 Å². The van der Waals surface area contributed by atoms with Crippen molar-refractivity contribution in [2.24, 2.45) is 0 Å². The molecule has 12 heteroatoms. The van der Waals surface area contributed by atoms with Gasteiger partial charge in [-0.15, -0.1) is 11.3 Å².